The van der Waals surface area contributed by atoms with Crippen LogP contribution in [0.4, 0.5) is 5.69 Å². The van der Waals surface area contributed by atoms with Gasteiger partial charge in [0.2, 0.25) is 15.9 Å². The minimum atomic E-state index is -3.59. The van der Waals surface area contributed by atoms with Crippen LogP contribution in [0.2, 0.25) is 0 Å². The van der Waals surface area contributed by atoms with Crippen LogP contribution >= 0.6 is 0 Å². The van der Waals surface area contributed by atoms with Gasteiger partial charge in [0.25, 0.3) is 0 Å². The maximum Gasteiger partial charge on any atom is 0.240 e. The van der Waals surface area contributed by atoms with Gasteiger partial charge in [-0.3, -0.25) is 9.69 Å². The zero-order valence-corrected chi connectivity index (χ0v) is 17.6. The van der Waals surface area contributed by atoms with Crippen LogP contribution in [0.5, 0.6) is 0 Å². The van der Waals surface area contributed by atoms with Crippen LogP contribution in [0.1, 0.15) is 27.2 Å². The second-order valence-electron chi connectivity index (χ2n) is 7.68. The monoisotopic (exact) mass is 396 g/mol. The van der Waals surface area contributed by atoms with Crippen molar-refractivity contribution >= 4 is 21.6 Å². The van der Waals surface area contributed by atoms with Crippen LogP contribution in [0.3, 0.4) is 0 Å². The Kier molecular flexibility index (Phi) is 7.79. The molecule has 1 unspecified atom stereocenters. The number of rotatable bonds is 8. The highest BCUT2D eigenvalue weighted by Gasteiger charge is 2.25. The van der Waals surface area contributed by atoms with Gasteiger partial charge in [0, 0.05) is 51.4 Å². The highest BCUT2D eigenvalue weighted by atomic mass is 32.2. The highest BCUT2D eigenvalue weighted by molar-refractivity contribution is 7.89. The number of benzene rings is 1. The van der Waals surface area contributed by atoms with Crippen LogP contribution in [0, 0.1) is 5.92 Å². The summed E-state index contributed by atoms with van der Waals surface area (Å²) in [7, 11) is -1.47. The molecular weight excluding hydrogens is 364 g/mol. The summed E-state index contributed by atoms with van der Waals surface area (Å²) < 4.78 is 28.1. The van der Waals surface area contributed by atoms with E-state index in [9.17, 15) is 13.2 Å². The molecule has 1 heterocycles. The molecule has 0 radical (unpaired) electrons. The van der Waals surface area contributed by atoms with Crippen molar-refractivity contribution in [2.75, 3.05) is 45.1 Å². The molecule has 2 N–H and O–H groups in total. The molecule has 152 valence electrons. The van der Waals surface area contributed by atoms with E-state index in [1.54, 1.807) is 12.1 Å². The molecule has 0 aliphatic carbocycles. The summed E-state index contributed by atoms with van der Waals surface area (Å²) in [6.45, 7) is 10.1. The summed E-state index contributed by atoms with van der Waals surface area (Å²) in [5.74, 6) is 0.309. The molecule has 1 aromatic rings. The molecule has 2 rings (SSSR count). The standard InChI is InChI=1S/C19H32N4O3S/c1-15(2)13-18(23-11-9-22(4)10-12-23)14-20-27(25,26)19-7-5-17(6-8-19)21-16(3)24/h5-8,15,18,20H,9-14H2,1-4H3,(H,21,24). The molecular formula is C19H32N4O3S. The minimum absolute atomic E-state index is 0.187. The number of nitrogens with zero attached hydrogens (tertiary/aromatic N) is 2. The molecule has 0 aromatic heterocycles. The van der Waals surface area contributed by atoms with Crippen molar-refractivity contribution in [3.05, 3.63) is 24.3 Å². The van der Waals surface area contributed by atoms with Gasteiger partial charge in [-0.2, -0.15) is 0 Å². The van der Waals surface area contributed by atoms with E-state index in [1.165, 1.54) is 19.1 Å². The lowest BCUT2D eigenvalue weighted by Gasteiger charge is -2.38. The first-order valence-corrected chi connectivity index (χ1v) is 11.0. The average molecular weight is 397 g/mol. The third-order valence-electron chi connectivity index (χ3n) is 4.79. The summed E-state index contributed by atoms with van der Waals surface area (Å²) in [6.07, 6.45) is 0.952. The Bertz CT molecular complexity index is 711. The van der Waals surface area contributed by atoms with Crippen LogP contribution in [0.15, 0.2) is 29.2 Å². The van der Waals surface area contributed by atoms with E-state index in [4.69, 9.17) is 0 Å². The zero-order valence-electron chi connectivity index (χ0n) is 16.7. The Hall–Kier alpha value is -1.48. The highest BCUT2D eigenvalue weighted by Crippen LogP contribution is 2.17. The van der Waals surface area contributed by atoms with Crippen LogP contribution in [0.25, 0.3) is 0 Å². The maximum absolute atomic E-state index is 12.7. The number of piperazine rings is 1. The molecule has 27 heavy (non-hydrogen) atoms. The van der Waals surface area contributed by atoms with E-state index in [2.05, 4.69) is 40.7 Å². The van der Waals surface area contributed by atoms with Crippen molar-refractivity contribution in [1.82, 2.24) is 14.5 Å². The summed E-state index contributed by atoms with van der Waals surface area (Å²) in [6, 6.07) is 6.42. The van der Waals surface area contributed by atoms with Crippen molar-refractivity contribution in [3.63, 3.8) is 0 Å². The smallest absolute Gasteiger partial charge is 0.240 e. The Morgan fingerprint density at radius 3 is 2.22 bits per heavy atom. The second-order valence-corrected chi connectivity index (χ2v) is 9.45. The van der Waals surface area contributed by atoms with Gasteiger partial charge in [0.15, 0.2) is 0 Å². The molecule has 1 atom stereocenters. The Morgan fingerprint density at radius 1 is 1.11 bits per heavy atom. The van der Waals surface area contributed by atoms with Crippen LogP contribution in [-0.2, 0) is 14.8 Å². The number of carbonyl (C=O) groups excluding carboxylic acids is 1. The second kappa shape index (κ2) is 9.64. The minimum Gasteiger partial charge on any atom is -0.326 e. The van der Waals surface area contributed by atoms with Gasteiger partial charge < -0.3 is 10.2 Å². The fraction of sp³-hybridized carbons (Fsp3) is 0.632. The number of sulfonamides is 1. The third-order valence-corrected chi connectivity index (χ3v) is 6.23. The van der Waals surface area contributed by atoms with Gasteiger partial charge in [-0.05, 0) is 43.7 Å². The van der Waals surface area contributed by atoms with Crippen LogP contribution in [-0.4, -0.2) is 69.9 Å². The normalized spacial score (nSPS) is 17.8. The molecule has 1 aromatic carbocycles. The van der Waals surface area contributed by atoms with Crippen molar-refractivity contribution in [2.24, 2.45) is 5.92 Å². The lowest BCUT2D eigenvalue weighted by molar-refractivity contribution is -0.114. The average Bonchev–Trinajstić information content (AvgIpc) is 2.59. The predicted octanol–water partition coefficient (Wildman–Crippen LogP) is 1.59. The number of amides is 1. The third kappa shape index (κ3) is 6.88. The zero-order chi connectivity index (χ0) is 20.0. The van der Waals surface area contributed by atoms with E-state index in [-0.39, 0.29) is 16.8 Å². The van der Waals surface area contributed by atoms with E-state index in [0.29, 0.717) is 18.2 Å². The van der Waals surface area contributed by atoms with E-state index >= 15 is 0 Å². The lowest BCUT2D eigenvalue weighted by Crippen LogP contribution is -2.52. The number of carbonyl (C=O) groups is 1. The Labute approximate surface area is 163 Å². The molecule has 1 aliphatic heterocycles. The number of likely N-dealkylation sites (N-methyl/N-ethyl adjacent to an activating group) is 1. The van der Waals surface area contributed by atoms with Crippen molar-refractivity contribution < 1.29 is 13.2 Å². The molecule has 0 bridgehead atoms. The fourth-order valence-electron chi connectivity index (χ4n) is 3.30. The number of nitrogens with one attached hydrogen (secondary N) is 2. The number of hydrogen-bond acceptors (Lipinski definition) is 5. The summed E-state index contributed by atoms with van der Waals surface area (Å²) >= 11 is 0. The number of hydrogen-bond donors (Lipinski definition) is 2. The quantitative estimate of drug-likeness (QED) is 0.697. The van der Waals surface area contributed by atoms with Crippen molar-refractivity contribution in [2.45, 2.75) is 38.1 Å². The molecule has 1 aliphatic rings. The van der Waals surface area contributed by atoms with Gasteiger partial charge in [0.05, 0.1) is 4.90 Å². The van der Waals surface area contributed by atoms with Crippen LogP contribution < -0.4 is 10.0 Å². The molecule has 1 fully saturated rings. The molecule has 1 amide bonds. The first-order chi connectivity index (χ1) is 12.7. The Morgan fingerprint density at radius 2 is 1.70 bits per heavy atom. The van der Waals surface area contributed by atoms with Gasteiger partial charge in [0.1, 0.15) is 0 Å². The summed E-state index contributed by atoms with van der Waals surface area (Å²) in [5.41, 5.74) is 0.580. The lowest BCUT2D eigenvalue weighted by atomic mass is 10.0. The molecule has 7 nitrogen and oxygen atoms in total. The Balaban J connectivity index is 2.02. The molecule has 0 saturated carbocycles. The van der Waals surface area contributed by atoms with Gasteiger partial charge >= 0.3 is 0 Å². The first kappa shape index (κ1) is 21.8. The fourth-order valence-corrected chi connectivity index (χ4v) is 4.38. The summed E-state index contributed by atoms with van der Waals surface area (Å²) in [4.78, 5) is 16.0. The first-order valence-electron chi connectivity index (χ1n) is 9.47. The largest absolute Gasteiger partial charge is 0.326 e. The van der Waals surface area contributed by atoms with Crippen molar-refractivity contribution in [1.29, 1.82) is 0 Å². The van der Waals surface area contributed by atoms with E-state index in [0.717, 1.165) is 32.6 Å². The van der Waals surface area contributed by atoms with Crippen molar-refractivity contribution in [3.8, 4) is 0 Å². The molecule has 8 heteroatoms. The van der Waals surface area contributed by atoms with E-state index in [1.807, 2.05) is 0 Å². The summed E-state index contributed by atoms with van der Waals surface area (Å²) in [5, 5.41) is 2.64. The number of anilines is 1. The SMILES string of the molecule is CC(=O)Nc1ccc(S(=O)(=O)NCC(CC(C)C)N2CCN(C)CC2)cc1. The van der Waals surface area contributed by atoms with Gasteiger partial charge in [-0.25, -0.2) is 13.1 Å². The van der Waals surface area contributed by atoms with Gasteiger partial charge in [-0.1, -0.05) is 13.8 Å². The topological polar surface area (TPSA) is 81.7 Å². The maximum atomic E-state index is 12.7. The van der Waals surface area contributed by atoms with Gasteiger partial charge in [-0.15, -0.1) is 0 Å². The molecule has 0 spiro atoms. The predicted molar refractivity (Wildman–Crippen MR) is 108 cm³/mol. The van der Waals surface area contributed by atoms with E-state index < -0.39 is 10.0 Å². The molecule has 1 saturated heterocycles.